The molecule has 0 fully saturated rings. The van der Waals surface area contributed by atoms with Crippen LogP contribution in [-0.2, 0) is 16.0 Å². The second-order valence-electron chi connectivity index (χ2n) is 10.2. The molecule has 1 N–H and O–H groups in total. The van der Waals surface area contributed by atoms with Gasteiger partial charge in [-0.2, -0.15) is 0 Å². The summed E-state index contributed by atoms with van der Waals surface area (Å²) < 4.78 is 33.0. The van der Waals surface area contributed by atoms with E-state index in [4.69, 9.17) is 14.2 Å². The van der Waals surface area contributed by atoms with E-state index in [1.807, 2.05) is 32.9 Å². The van der Waals surface area contributed by atoms with E-state index in [1.165, 1.54) is 24.4 Å². The van der Waals surface area contributed by atoms with Gasteiger partial charge in [0.05, 0.1) is 24.5 Å². The molecule has 1 aromatic heterocycles. The van der Waals surface area contributed by atoms with Crippen LogP contribution in [0.4, 0.5) is 4.39 Å². The highest BCUT2D eigenvalue weighted by Crippen LogP contribution is 2.43. The van der Waals surface area contributed by atoms with Gasteiger partial charge in [-0.05, 0) is 56.2 Å². The van der Waals surface area contributed by atoms with Crippen LogP contribution in [0.5, 0.6) is 5.75 Å². The van der Waals surface area contributed by atoms with Crippen LogP contribution in [0, 0.1) is 5.82 Å². The van der Waals surface area contributed by atoms with Gasteiger partial charge in [0.25, 0.3) is 0 Å². The van der Waals surface area contributed by atoms with E-state index >= 15 is 0 Å². The number of aromatic nitrogens is 1. The summed E-state index contributed by atoms with van der Waals surface area (Å²) in [6, 6.07) is 11.4. The molecule has 0 bridgehead atoms. The number of benzene rings is 2. The van der Waals surface area contributed by atoms with Crippen molar-refractivity contribution in [1.82, 2.24) is 4.57 Å². The zero-order valence-corrected chi connectivity index (χ0v) is 21.5. The molecule has 4 rings (SSSR count). The maximum atomic E-state index is 13.7. The fraction of sp³-hybridized carbons (Fsp3) is 0.379. The molecule has 0 saturated heterocycles. The van der Waals surface area contributed by atoms with Gasteiger partial charge < -0.3 is 23.9 Å². The van der Waals surface area contributed by atoms with Gasteiger partial charge in [0.1, 0.15) is 17.1 Å². The van der Waals surface area contributed by atoms with Crippen LogP contribution in [0.15, 0.2) is 53.5 Å². The van der Waals surface area contributed by atoms with E-state index in [0.717, 1.165) is 22.3 Å². The quantitative estimate of drug-likeness (QED) is 0.392. The van der Waals surface area contributed by atoms with Gasteiger partial charge in [0.15, 0.2) is 5.43 Å². The minimum absolute atomic E-state index is 0.116. The molecule has 196 valence electrons. The predicted octanol–water partition coefficient (Wildman–Crippen LogP) is 5.35. The lowest BCUT2D eigenvalue weighted by molar-refractivity contribution is -0.0129. The highest BCUT2D eigenvalue weighted by Gasteiger charge is 2.29. The first-order valence-corrected chi connectivity index (χ1v) is 12.2. The highest BCUT2D eigenvalue weighted by atomic mass is 19.1. The average molecular weight is 510 g/mol. The number of rotatable bonds is 9. The van der Waals surface area contributed by atoms with E-state index in [9.17, 15) is 19.1 Å². The lowest BCUT2D eigenvalue weighted by Gasteiger charge is -2.33. The number of pyridine rings is 1. The molecule has 7 nitrogen and oxygen atoms in total. The number of hydrogen-bond donors (Lipinski definition) is 1. The molecule has 3 aromatic rings. The molecular weight excluding hydrogens is 477 g/mol. The molecule has 0 spiro atoms. The molecule has 0 amide bonds. The van der Waals surface area contributed by atoms with Crippen LogP contribution >= 0.6 is 0 Å². The minimum Gasteiger partial charge on any atom is -0.493 e. The Bertz CT molecular complexity index is 1340. The first-order chi connectivity index (χ1) is 17.6. The van der Waals surface area contributed by atoms with Crippen molar-refractivity contribution in [3.8, 4) is 28.1 Å². The third-order valence-electron chi connectivity index (χ3n) is 6.27. The van der Waals surface area contributed by atoms with Crippen LogP contribution in [0.25, 0.3) is 22.4 Å². The van der Waals surface area contributed by atoms with Gasteiger partial charge in [-0.15, -0.1) is 0 Å². The minimum atomic E-state index is -1.26. The number of hydrogen-bond acceptors (Lipinski definition) is 5. The second kappa shape index (κ2) is 10.9. The largest absolute Gasteiger partial charge is 0.493 e. The SMILES string of the molecule is COCCCOc1cc2c(cc1-c1ccc(F)cc1)-c1cc(=O)c(C(=O)O)cn1C[C@@H]2COC(C)(C)C. The van der Waals surface area contributed by atoms with E-state index in [-0.39, 0.29) is 22.9 Å². The lowest BCUT2D eigenvalue weighted by atomic mass is 9.86. The third-order valence-corrected chi connectivity index (χ3v) is 6.27. The Kier molecular flexibility index (Phi) is 7.80. The summed E-state index contributed by atoms with van der Waals surface area (Å²) in [5.74, 6) is -1.09. The number of ether oxygens (including phenoxy) is 3. The molecule has 1 aliphatic rings. The number of carboxylic acids is 1. The standard InChI is InChI=1S/C29H32FNO6/c1-29(2,3)37-17-19-15-31-16-24(28(33)34)26(32)14-25(31)23-12-22(18-6-8-20(30)9-7-18)27(13-21(19)23)36-11-5-10-35-4/h6-9,12-14,16,19H,5,10-11,15,17H2,1-4H3,(H,33,34)/t19-/m1/s1. The maximum Gasteiger partial charge on any atom is 0.341 e. The summed E-state index contributed by atoms with van der Waals surface area (Å²) in [7, 11) is 1.64. The molecule has 2 heterocycles. The number of carboxylic acid groups (broad SMARTS) is 1. The van der Waals surface area contributed by atoms with Gasteiger partial charge in [0.2, 0.25) is 0 Å². The summed E-state index contributed by atoms with van der Waals surface area (Å²) in [4.78, 5) is 24.3. The molecule has 0 saturated carbocycles. The number of methoxy groups -OCH3 is 1. The number of aromatic carboxylic acids is 1. The fourth-order valence-corrected chi connectivity index (χ4v) is 4.46. The van der Waals surface area contributed by atoms with Gasteiger partial charge in [-0.3, -0.25) is 4.79 Å². The number of nitrogens with zero attached hydrogens (tertiary/aromatic N) is 1. The van der Waals surface area contributed by atoms with Crippen molar-refractivity contribution in [1.29, 1.82) is 0 Å². The lowest BCUT2D eigenvalue weighted by Crippen LogP contribution is -2.29. The predicted molar refractivity (Wildman–Crippen MR) is 139 cm³/mol. The summed E-state index contributed by atoms with van der Waals surface area (Å²) in [5.41, 5.74) is 2.64. The van der Waals surface area contributed by atoms with Gasteiger partial charge in [-0.1, -0.05) is 12.1 Å². The summed E-state index contributed by atoms with van der Waals surface area (Å²) in [6.45, 7) is 7.76. The van der Waals surface area contributed by atoms with Crippen LogP contribution < -0.4 is 10.2 Å². The fourth-order valence-electron chi connectivity index (χ4n) is 4.46. The summed E-state index contributed by atoms with van der Waals surface area (Å²) >= 11 is 0. The van der Waals surface area contributed by atoms with Crippen LogP contribution in [0.3, 0.4) is 0 Å². The Balaban J connectivity index is 1.89. The Morgan fingerprint density at radius 1 is 1.11 bits per heavy atom. The van der Waals surface area contributed by atoms with Crippen LogP contribution in [0.2, 0.25) is 0 Å². The monoisotopic (exact) mass is 509 g/mol. The summed E-state index contributed by atoms with van der Waals surface area (Å²) in [5, 5.41) is 9.52. The van der Waals surface area contributed by atoms with Gasteiger partial charge >= 0.3 is 5.97 Å². The maximum absolute atomic E-state index is 13.7. The molecule has 0 unspecified atom stereocenters. The van der Waals surface area contributed by atoms with Gasteiger partial charge in [-0.25, -0.2) is 9.18 Å². The van der Waals surface area contributed by atoms with Crippen molar-refractivity contribution in [2.24, 2.45) is 0 Å². The van der Waals surface area contributed by atoms with Crippen LogP contribution in [-0.4, -0.2) is 48.2 Å². The van der Waals surface area contributed by atoms with Crippen molar-refractivity contribution in [3.05, 3.63) is 75.8 Å². The summed E-state index contributed by atoms with van der Waals surface area (Å²) in [6.07, 6.45) is 2.10. The number of fused-ring (bicyclic) bond motifs is 3. The van der Waals surface area contributed by atoms with Crippen molar-refractivity contribution >= 4 is 5.97 Å². The topological polar surface area (TPSA) is 87.0 Å². The smallest absolute Gasteiger partial charge is 0.341 e. The molecule has 8 heteroatoms. The van der Waals surface area contributed by atoms with Gasteiger partial charge in [0, 0.05) is 56.0 Å². The van der Waals surface area contributed by atoms with E-state index in [2.05, 4.69) is 0 Å². The Hall–Kier alpha value is -3.49. The second-order valence-corrected chi connectivity index (χ2v) is 10.2. The average Bonchev–Trinajstić information content (AvgIpc) is 2.84. The third kappa shape index (κ3) is 6.09. The Labute approximate surface area is 215 Å². The highest BCUT2D eigenvalue weighted by molar-refractivity contribution is 5.88. The normalized spacial score (nSPS) is 14.7. The molecule has 0 radical (unpaired) electrons. The molecular formula is C29H32FNO6. The Morgan fingerprint density at radius 3 is 2.49 bits per heavy atom. The zero-order valence-electron chi connectivity index (χ0n) is 21.5. The molecule has 2 aromatic carbocycles. The molecule has 0 aliphatic carbocycles. The van der Waals surface area contributed by atoms with E-state index in [1.54, 1.807) is 23.8 Å². The van der Waals surface area contributed by atoms with E-state index in [0.29, 0.717) is 44.2 Å². The molecule has 37 heavy (non-hydrogen) atoms. The van der Waals surface area contributed by atoms with Crippen molar-refractivity contribution in [3.63, 3.8) is 0 Å². The van der Waals surface area contributed by atoms with Crippen molar-refractivity contribution in [2.75, 3.05) is 26.9 Å². The first kappa shape index (κ1) is 26.6. The van der Waals surface area contributed by atoms with Crippen molar-refractivity contribution < 1.29 is 28.5 Å². The number of halogens is 1. The molecule has 1 atom stereocenters. The zero-order chi connectivity index (χ0) is 26.7. The van der Waals surface area contributed by atoms with Crippen LogP contribution in [0.1, 0.15) is 49.0 Å². The van der Waals surface area contributed by atoms with Crippen molar-refractivity contribution in [2.45, 2.75) is 45.3 Å². The first-order valence-electron chi connectivity index (χ1n) is 12.2. The molecule has 1 aliphatic heterocycles. The van der Waals surface area contributed by atoms with E-state index < -0.39 is 11.4 Å². The number of carbonyl (C=O) groups is 1. The Morgan fingerprint density at radius 2 is 1.84 bits per heavy atom.